The van der Waals surface area contributed by atoms with Crippen molar-refractivity contribution in [2.24, 2.45) is 0 Å². The summed E-state index contributed by atoms with van der Waals surface area (Å²) < 4.78 is 15.5. The van der Waals surface area contributed by atoms with Gasteiger partial charge in [-0.3, -0.25) is 4.79 Å². The Morgan fingerprint density at radius 2 is 0.598 bits per heavy atom. The number of rotatable bonds is 61. The molecule has 0 bridgehead atoms. The lowest BCUT2D eigenvalue weighted by Crippen LogP contribution is -2.08. The molecule has 0 spiro atoms. The highest BCUT2D eigenvalue weighted by Gasteiger charge is 2.01. The molecule has 0 aliphatic rings. The van der Waals surface area contributed by atoms with E-state index in [1.165, 1.54) is 230 Å². The van der Waals surface area contributed by atoms with E-state index < -0.39 is 5.24 Å². The third kappa shape index (κ3) is 117. The Labute approximate surface area is 502 Å². The van der Waals surface area contributed by atoms with Crippen LogP contribution in [0.3, 0.4) is 0 Å². The molecule has 82 heavy (non-hydrogen) atoms. The monoisotopic (exact) mass is 1290 g/mol. The zero-order valence-electron chi connectivity index (χ0n) is 50.0. The number of hydrogen-bond acceptors (Lipinski definition) is 26. The smallest absolute Gasteiger partial charge is 0.330 e. The number of alkyl halides is 1. The van der Waals surface area contributed by atoms with Crippen LogP contribution in [-0.2, 0) is 104 Å². The molecule has 0 atom stereocenters. The lowest BCUT2D eigenvalue weighted by Gasteiger charge is -2.05. The van der Waals surface area contributed by atoms with Crippen molar-refractivity contribution in [3.8, 4) is 0 Å². The lowest BCUT2D eigenvalue weighted by atomic mass is 10.1. The Kier molecular flexibility index (Phi) is 110. The number of unbranched alkanes of at least 4 members (excludes halogenated alkanes) is 33. The van der Waals surface area contributed by atoms with E-state index in [4.69, 9.17) is 51.6 Å². The SMILES string of the molecule is C=CC(=O)Cl.C=CC(=O)OCCOCCCCCCCCCCCCCC.CCCCCCCCCCCCCCBr.CCCCCCCCCCCCCCOCCO.OCCO.OOOOOOOOOOOOOOOOOO. The van der Waals surface area contributed by atoms with Gasteiger partial charge in [0.25, 0.3) is 0 Å². The van der Waals surface area contributed by atoms with Crippen LogP contribution in [0.4, 0.5) is 0 Å². The van der Waals surface area contributed by atoms with Crippen molar-refractivity contribution in [2.75, 3.05) is 58.2 Å². The zero-order chi connectivity index (χ0) is 61.8. The van der Waals surface area contributed by atoms with Crippen molar-refractivity contribution in [3.05, 3.63) is 25.3 Å². The van der Waals surface area contributed by atoms with Crippen LogP contribution >= 0.6 is 27.5 Å². The lowest BCUT2D eigenvalue weighted by molar-refractivity contribution is -0.889. The molecule has 0 aliphatic heterocycles. The quantitative estimate of drug-likeness (QED) is 0.00718. The first-order valence-corrected chi connectivity index (χ1v) is 30.8. The summed E-state index contributed by atoms with van der Waals surface area (Å²) in [6.07, 6.45) is 52.2. The van der Waals surface area contributed by atoms with Crippen LogP contribution in [0.25, 0.3) is 0 Å². The highest BCUT2D eigenvalue weighted by atomic mass is 79.9. The Bertz CT molecular complexity index is 1040. The average molecular weight is 1290 g/mol. The van der Waals surface area contributed by atoms with E-state index in [0.717, 1.165) is 32.1 Å². The normalized spacial score (nSPS) is 10.4. The van der Waals surface area contributed by atoms with Gasteiger partial charge in [-0.25, -0.2) is 15.3 Å². The fourth-order valence-electron chi connectivity index (χ4n) is 6.72. The van der Waals surface area contributed by atoms with Gasteiger partial charge in [-0.2, -0.15) is 0 Å². The maximum atomic E-state index is 10.8. The van der Waals surface area contributed by atoms with Crippen molar-refractivity contribution in [1.29, 1.82) is 0 Å². The molecule has 0 aromatic carbocycles. The Morgan fingerprint density at radius 1 is 0.354 bits per heavy atom. The molecule has 496 valence electrons. The largest absolute Gasteiger partial charge is 0.460 e. The van der Waals surface area contributed by atoms with E-state index >= 15 is 0 Å². The highest BCUT2D eigenvalue weighted by molar-refractivity contribution is 9.09. The standard InChI is InChI=1S/C19H36O3.C16H34O2.C14H29Br.C3H3ClO.C2H6O2.H2O18/c1-3-5-6-7-8-9-10-11-12-13-14-15-16-21-17-18-22-19(20)4-2;1-2-3-4-5-6-7-8-9-10-11-12-13-15-18-16-14-17;1-2-3-4-5-6-7-8-9-10-11-12-13-14-15;1-2-3(4)5;3-1-2-4;1-3-5-7-9-11-13-15-17-18-16-14-12-10-8-6-4-2/h4H,2-3,5-18H2,1H3;17H,2-16H2,1H3;2-14H2,1H3;2H,1H2;3-4H,1-2H2;1-2H. The number of hydrogen-bond donors (Lipinski definition) is 5. The number of carbonyl (C=O) groups excluding carboxylic acids is 2. The molecular weight excluding hydrogens is 1180 g/mol. The van der Waals surface area contributed by atoms with Crippen molar-refractivity contribution in [3.63, 3.8) is 0 Å². The van der Waals surface area contributed by atoms with E-state index in [0.29, 0.717) is 19.8 Å². The number of carbonyl (C=O) groups is 2. The van der Waals surface area contributed by atoms with Crippen LogP contribution in [0.15, 0.2) is 25.3 Å². The van der Waals surface area contributed by atoms with E-state index in [-0.39, 0.29) is 25.8 Å². The van der Waals surface area contributed by atoms with Gasteiger partial charge in [0.05, 0.1) is 33.0 Å². The second kappa shape index (κ2) is 98.5. The first-order valence-electron chi connectivity index (χ1n) is 29.3. The van der Waals surface area contributed by atoms with Gasteiger partial charge in [0.2, 0.25) is 5.24 Å². The van der Waals surface area contributed by atoms with Crippen molar-refractivity contribution >= 4 is 38.7 Å². The Hall–Kier alpha value is -1.53. The van der Waals surface area contributed by atoms with Gasteiger partial charge < -0.3 is 29.5 Å². The minimum atomic E-state index is -0.509. The molecule has 0 radical (unpaired) electrons. The summed E-state index contributed by atoms with van der Waals surface area (Å²) in [5.74, 6) is -0.381. The molecule has 26 nitrogen and oxygen atoms in total. The maximum Gasteiger partial charge on any atom is 0.330 e. The number of halogens is 2. The number of ether oxygens (including phenoxy) is 3. The molecule has 0 amide bonds. The van der Waals surface area contributed by atoms with Crippen LogP contribution in [0, 0.1) is 0 Å². The number of aliphatic hydroxyl groups excluding tert-OH is 3. The topological polar surface area (TPSA) is 311 Å². The molecule has 5 N–H and O–H groups in total. The van der Waals surface area contributed by atoms with Gasteiger partial charge in [-0.05, 0) is 118 Å². The summed E-state index contributed by atoms with van der Waals surface area (Å²) in [7, 11) is 0. The van der Waals surface area contributed by atoms with Gasteiger partial charge in [0, 0.05) is 24.6 Å². The summed E-state index contributed by atoms with van der Waals surface area (Å²) in [4.78, 5) is 20.2. The highest BCUT2D eigenvalue weighted by Crippen LogP contribution is 2.15. The fourth-order valence-corrected chi connectivity index (χ4v) is 7.11. The third-order valence-electron chi connectivity index (χ3n) is 10.8. The number of esters is 1. The van der Waals surface area contributed by atoms with Crippen molar-refractivity contribution in [2.45, 2.75) is 252 Å². The maximum absolute atomic E-state index is 10.8. The zero-order valence-corrected chi connectivity index (χ0v) is 52.3. The van der Waals surface area contributed by atoms with E-state index in [1.54, 1.807) is 0 Å². The predicted octanol–water partition coefficient (Wildman–Crippen LogP) is 15.0. The fraction of sp³-hybridized carbons (Fsp3) is 0.889. The first-order chi connectivity index (χ1) is 40.2. The van der Waals surface area contributed by atoms with Gasteiger partial charge in [-0.1, -0.05) is 262 Å². The summed E-state index contributed by atoms with van der Waals surface area (Å²) >= 11 is 8.18. The molecule has 0 aromatic heterocycles. The first kappa shape index (κ1) is 91.6. The molecule has 0 aliphatic carbocycles. The van der Waals surface area contributed by atoms with Gasteiger partial charge in [0.1, 0.15) is 6.61 Å². The summed E-state index contributed by atoms with van der Waals surface area (Å²) in [5, 5.41) is 92.5. The van der Waals surface area contributed by atoms with Gasteiger partial charge >= 0.3 is 5.97 Å². The van der Waals surface area contributed by atoms with E-state index in [2.05, 4.69) is 130 Å². The van der Waals surface area contributed by atoms with E-state index in [9.17, 15) is 9.59 Å². The van der Waals surface area contributed by atoms with Crippen molar-refractivity contribution in [1.82, 2.24) is 0 Å². The summed E-state index contributed by atoms with van der Waals surface area (Å²) in [5.41, 5.74) is 0. The van der Waals surface area contributed by atoms with Crippen LogP contribution in [0.5, 0.6) is 0 Å². The van der Waals surface area contributed by atoms with E-state index in [1.807, 2.05) is 0 Å². The van der Waals surface area contributed by atoms with Crippen LogP contribution in [0.2, 0.25) is 0 Å². The molecule has 0 heterocycles. The summed E-state index contributed by atoms with van der Waals surface area (Å²) in [6.45, 7) is 16.0. The molecule has 0 aromatic rings. The van der Waals surface area contributed by atoms with Gasteiger partial charge in [0.15, 0.2) is 0 Å². The molecule has 0 saturated heterocycles. The number of aliphatic hydroxyl groups is 3. The molecule has 28 heteroatoms. The second-order valence-corrected chi connectivity index (χ2v) is 18.9. The molecule has 0 rings (SSSR count). The molecule has 0 saturated carbocycles. The third-order valence-corrected chi connectivity index (χ3v) is 11.5. The Morgan fingerprint density at radius 3 is 0.817 bits per heavy atom. The average Bonchev–Trinajstić information content (AvgIpc) is 3.49. The van der Waals surface area contributed by atoms with Gasteiger partial charge in [-0.15, -0.1) is 0 Å². The molecule has 0 unspecified atom stereocenters. The van der Waals surface area contributed by atoms with Crippen LogP contribution in [0.1, 0.15) is 252 Å². The predicted molar refractivity (Wildman–Crippen MR) is 305 cm³/mol. The Balaban J connectivity index is -0.000000224. The molecular formula is C54H110BrClO26. The second-order valence-electron chi connectivity index (χ2n) is 17.7. The molecule has 0 fully saturated rings. The summed E-state index contributed by atoms with van der Waals surface area (Å²) in [6, 6.07) is 0. The van der Waals surface area contributed by atoms with Crippen LogP contribution < -0.4 is 0 Å². The number of allylic oxidation sites excluding steroid dienone is 1. The van der Waals surface area contributed by atoms with Crippen molar-refractivity contribution < 1.29 is 130 Å². The minimum absolute atomic E-state index is 0.125. The minimum Gasteiger partial charge on any atom is -0.460 e. The van der Waals surface area contributed by atoms with Crippen LogP contribution in [-0.4, -0.2) is 95.2 Å².